The minimum atomic E-state index is -0.506. The summed E-state index contributed by atoms with van der Waals surface area (Å²) in [5.74, 6) is 0.201. The molecule has 1 atom stereocenters. The van der Waals surface area contributed by atoms with Crippen LogP contribution in [0.5, 0.6) is 0 Å². The molecular weight excluding hydrogens is 262 g/mol. The van der Waals surface area contributed by atoms with E-state index in [-0.39, 0.29) is 5.91 Å². The van der Waals surface area contributed by atoms with E-state index in [0.29, 0.717) is 23.0 Å². The average Bonchev–Trinajstić information content (AvgIpc) is 2.27. The van der Waals surface area contributed by atoms with Gasteiger partial charge < -0.3 is 16.0 Å². The first kappa shape index (κ1) is 15.8. The van der Waals surface area contributed by atoms with Gasteiger partial charge in [-0.3, -0.25) is 4.79 Å². The van der Waals surface area contributed by atoms with Crippen LogP contribution in [0.1, 0.15) is 20.3 Å². The number of hydrogen-bond acceptors (Lipinski definition) is 3. The summed E-state index contributed by atoms with van der Waals surface area (Å²) in [5, 5.41) is 3.43. The van der Waals surface area contributed by atoms with Gasteiger partial charge in [-0.2, -0.15) is 0 Å². The molecule has 0 saturated heterocycles. The van der Waals surface area contributed by atoms with Crippen molar-refractivity contribution in [2.24, 2.45) is 11.7 Å². The zero-order valence-corrected chi connectivity index (χ0v) is 12.7. The molecule has 5 heteroatoms. The average molecular weight is 284 g/mol. The standard InChI is InChI=1S/C14H22ClN3O/c1-9(2)7-11(16)14(19)17-12-8-10(15)5-6-13(12)18(3)4/h5-6,8-9,11H,7,16H2,1-4H3,(H,17,19). The molecule has 1 rings (SSSR count). The highest BCUT2D eigenvalue weighted by Gasteiger charge is 2.17. The van der Waals surface area contributed by atoms with E-state index in [2.05, 4.69) is 5.32 Å². The maximum Gasteiger partial charge on any atom is 0.241 e. The normalized spacial score (nSPS) is 12.4. The van der Waals surface area contributed by atoms with Crippen molar-refractivity contribution in [2.45, 2.75) is 26.3 Å². The Bertz CT molecular complexity index is 446. The van der Waals surface area contributed by atoms with Gasteiger partial charge in [0.2, 0.25) is 5.91 Å². The molecule has 0 aliphatic rings. The van der Waals surface area contributed by atoms with Crippen molar-refractivity contribution in [3.05, 3.63) is 23.2 Å². The predicted octanol–water partition coefficient (Wildman–Crippen LogP) is 2.72. The maximum atomic E-state index is 12.0. The number of halogens is 1. The van der Waals surface area contributed by atoms with Gasteiger partial charge in [0.05, 0.1) is 17.4 Å². The SMILES string of the molecule is CC(C)CC(N)C(=O)Nc1cc(Cl)ccc1N(C)C. The molecule has 0 saturated carbocycles. The third-order valence-corrected chi connectivity index (χ3v) is 3.00. The second-order valence-corrected chi connectivity index (χ2v) is 5.72. The van der Waals surface area contributed by atoms with Crippen molar-refractivity contribution < 1.29 is 4.79 Å². The van der Waals surface area contributed by atoms with E-state index in [1.807, 2.05) is 38.9 Å². The number of nitrogens with two attached hydrogens (primary N) is 1. The number of nitrogens with one attached hydrogen (secondary N) is 1. The Morgan fingerprint density at radius 2 is 2.05 bits per heavy atom. The summed E-state index contributed by atoms with van der Waals surface area (Å²) in [6.45, 7) is 4.08. The molecule has 1 aromatic rings. The Labute approximate surface area is 119 Å². The number of rotatable bonds is 5. The van der Waals surface area contributed by atoms with Gasteiger partial charge >= 0.3 is 0 Å². The molecule has 0 spiro atoms. The highest BCUT2D eigenvalue weighted by Crippen LogP contribution is 2.28. The molecule has 1 amide bonds. The molecule has 0 fully saturated rings. The van der Waals surface area contributed by atoms with Crippen LogP contribution in [0.15, 0.2) is 18.2 Å². The van der Waals surface area contributed by atoms with Crippen LogP contribution in [0, 0.1) is 5.92 Å². The second kappa shape index (κ2) is 6.78. The first-order valence-corrected chi connectivity index (χ1v) is 6.72. The van der Waals surface area contributed by atoms with Crippen molar-refractivity contribution in [1.29, 1.82) is 0 Å². The molecule has 1 aromatic carbocycles. The minimum Gasteiger partial charge on any atom is -0.376 e. The first-order valence-electron chi connectivity index (χ1n) is 6.34. The monoisotopic (exact) mass is 283 g/mol. The molecular formula is C14H22ClN3O. The van der Waals surface area contributed by atoms with Crippen LogP contribution >= 0.6 is 11.6 Å². The summed E-state index contributed by atoms with van der Waals surface area (Å²) >= 11 is 5.97. The largest absolute Gasteiger partial charge is 0.376 e. The maximum absolute atomic E-state index is 12.0. The van der Waals surface area contributed by atoms with E-state index >= 15 is 0 Å². The Morgan fingerprint density at radius 3 is 2.58 bits per heavy atom. The fraction of sp³-hybridized carbons (Fsp3) is 0.500. The van der Waals surface area contributed by atoms with Gasteiger partial charge in [-0.15, -0.1) is 0 Å². The summed E-state index contributed by atoms with van der Waals surface area (Å²) in [4.78, 5) is 14.0. The Kier molecular flexibility index (Phi) is 5.63. The van der Waals surface area contributed by atoms with E-state index in [9.17, 15) is 4.79 Å². The smallest absolute Gasteiger partial charge is 0.241 e. The van der Waals surface area contributed by atoms with Crippen molar-refractivity contribution >= 4 is 28.9 Å². The van der Waals surface area contributed by atoms with E-state index in [1.165, 1.54) is 0 Å². The van der Waals surface area contributed by atoms with Crippen molar-refractivity contribution in [2.75, 3.05) is 24.3 Å². The lowest BCUT2D eigenvalue weighted by Crippen LogP contribution is -2.37. The van der Waals surface area contributed by atoms with Crippen LogP contribution in [-0.2, 0) is 4.79 Å². The summed E-state index contributed by atoms with van der Waals surface area (Å²) < 4.78 is 0. The minimum absolute atomic E-state index is 0.181. The lowest BCUT2D eigenvalue weighted by Gasteiger charge is -2.20. The molecule has 106 valence electrons. The molecule has 0 heterocycles. The lowest BCUT2D eigenvalue weighted by molar-refractivity contribution is -0.117. The van der Waals surface area contributed by atoms with Crippen LogP contribution in [-0.4, -0.2) is 26.0 Å². The zero-order chi connectivity index (χ0) is 14.6. The van der Waals surface area contributed by atoms with E-state index in [1.54, 1.807) is 12.1 Å². The van der Waals surface area contributed by atoms with Crippen molar-refractivity contribution in [1.82, 2.24) is 0 Å². The predicted molar refractivity (Wildman–Crippen MR) is 81.8 cm³/mol. The molecule has 0 aliphatic carbocycles. The van der Waals surface area contributed by atoms with Crippen LogP contribution in [0.4, 0.5) is 11.4 Å². The molecule has 0 aromatic heterocycles. The van der Waals surface area contributed by atoms with E-state index < -0.39 is 6.04 Å². The van der Waals surface area contributed by atoms with Crippen molar-refractivity contribution in [3.8, 4) is 0 Å². The number of amides is 1. The van der Waals surface area contributed by atoms with Gasteiger partial charge in [0.1, 0.15) is 0 Å². The van der Waals surface area contributed by atoms with Crippen LogP contribution < -0.4 is 16.0 Å². The molecule has 0 bridgehead atoms. The molecule has 19 heavy (non-hydrogen) atoms. The van der Waals surface area contributed by atoms with Crippen LogP contribution in [0.3, 0.4) is 0 Å². The van der Waals surface area contributed by atoms with Gasteiger partial charge in [-0.05, 0) is 30.5 Å². The molecule has 4 nitrogen and oxygen atoms in total. The number of carbonyl (C=O) groups excluding carboxylic acids is 1. The van der Waals surface area contributed by atoms with Crippen LogP contribution in [0.25, 0.3) is 0 Å². The van der Waals surface area contributed by atoms with Gasteiger partial charge in [0, 0.05) is 19.1 Å². The molecule has 1 unspecified atom stereocenters. The molecule has 3 N–H and O–H groups in total. The fourth-order valence-corrected chi connectivity index (χ4v) is 2.01. The highest BCUT2D eigenvalue weighted by molar-refractivity contribution is 6.31. The lowest BCUT2D eigenvalue weighted by atomic mass is 10.0. The van der Waals surface area contributed by atoms with Gasteiger partial charge in [-0.25, -0.2) is 0 Å². The molecule has 0 radical (unpaired) electrons. The summed E-state index contributed by atoms with van der Waals surface area (Å²) in [6, 6.07) is 4.89. The summed E-state index contributed by atoms with van der Waals surface area (Å²) in [7, 11) is 3.82. The number of carbonyl (C=O) groups is 1. The Hall–Kier alpha value is -1.26. The Balaban J connectivity index is 2.86. The highest BCUT2D eigenvalue weighted by atomic mass is 35.5. The topological polar surface area (TPSA) is 58.4 Å². The Morgan fingerprint density at radius 1 is 1.42 bits per heavy atom. The van der Waals surface area contributed by atoms with Crippen LogP contribution in [0.2, 0.25) is 5.02 Å². The van der Waals surface area contributed by atoms with Crippen molar-refractivity contribution in [3.63, 3.8) is 0 Å². The number of hydrogen-bond donors (Lipinski definition) is 2. The van der Waals surface area contributed by atoms with Gasteiger partial charge in [0.15, 0.2) is 0 Å². The summed E-state index contributed by atoms with van der Waals surface area (Å²) in [6.07, 6.45) is 0.656. The first-order chi connectivity index (χ1) is 8.81. The van der Waals surface area contributed by atoms with E-state index in [4.69, 9.17) is 17.3 Å². The van der Waals surface area contributed by atoms with Gasteiger partial charge in [-0.1, -0.05) is 25.4 Å². The third kappa shape index (κ3) is 4.73. The zero-order valence-electron chi connectivity index (χ0n) is 11.9. The molecule has 0 aliphatic heterocycles. The third-order valence-electron chi connectivity index (χ3n) is 2.76. The van der Waals surface area contributed by atoms with Gasteiger partial charge in [0.25, 0.3) is 0 Å². The number of anilines is 2. The number of nitrogens with zero attached hydrogens (tertiary/aromatic N) is 1. The second-order valence-electron chi connectivity index (χ2n) is 5.28. The summed E-state index contributed by atoms with van der Waals surface area (Å²) in [5.41, 5.74) is 7.45. The quantitative estimate of drug-likeness (QED) is 0.873. The fourth-order valence-electron chi connectivity index (χ4n) is 1.84. The number of benzene rings is 1. The van der Waals surface area contributed by atoms with E-state index in [0.717, 1.165) is 5.69 Å².